The molecule has 1 N–H and O–H groups in total. The fourth-order valence-electron chi connectivity index (χ4n) is 5.90. The maximum atomic E-state index is 13.7. The lowest BCUT2D eigenvalue weighted by molar-refractivity contribution is -0.0210. The predicted octanol–water partition coefficient (Wildman–Crippen LogP) is 6.68. The standard InChI is InChI=1S/C31H32Cl3N3O3/c1-35(29(38)21-7-10-24(32)11-8-21)28-13-16-37(20-25(28)22-9-12-26(33)27(34)19-22)30(39)36-17-14-31(40,15-18-36)23-5-3-2-4-6-23/h2-12,19,25,28,40H,13-18,20H2,1H3/t25-,28+/m0/s1. The summed E-state index contributed by atoms with van der Waals surface area (Å²) in [4.78, 5) is 32.6. The van der Waals surface area contributed by atoms with Crippen LogP contribution in [0, 0.1) is 0 Å². The van der Waals surface area contributed by atoms with E-state index >= 15 is 0 Å². The molecule has 2 aliphatic heterocycles. The summed E-state index contributed by atoms with van der Waals surface area (Å²) in [7, 11) is 1.80. The lowest BCUT2D eigenvalue weighted by atomic mass is 9.84. The van der Waals surface area contributed by atoms with Crippen molar-refractivity contribution in [1.29, 1.82) is 0 Å². The van der Waals surface area contributed by atoms with Crippen LogP contribution in [0.25, 0.3) is 0 Å². The second-order valence-electron chi connectivity index (χ2n) is 10.7. The molecule has 6 nitrogen and oxygen atoms in total. The van der Waals surface area contributed by atoms with Crippen molar-refractivity contribution in [2.45, 2.75) is 36.8 Å². The Morgan fingerprint density at radius 2 is 1.55 bits per heavy atom. The highest BCUT2D eigenvalue weighted by molar-refractivity contribution is 6.42. The number of rotatable bonds is 4. The lowest BCUT2D eigenvalue weighted by Crippen LogP contribution is -2.56. The molecule has 0 unspecified atom stereocenters. The van der Waals surface area contributed by atoms with E-state index in [-0.39, 0.29) is 23.9 Å². The van der Waals surface area contributed by atoms with Gasteiger partial charge in [0.1, 0.15) is 0 Å². The zero-order valence-electron chi connectivity index (χ0n) is 22.3. The molecule has 0 spiro atoms. The molecule has 2 saturated heterocycles. The van der Waals surface area contributed by atoms with Crippen LogP contribution in [-0.4, -0.2) is 71.0 Å². The van der Waals surface area contributed by atoms with Gasteiger partial charge < -0.3 is 19.8 Å². The number of nitrogens with zero attached hydrogens (tertiary/aromatic N) is 3. The number of likely N-dealkylation sites (N-methyl/N-ethyl adjacent to an activating group) is 1. The second kappa shape index (κ2) is 12.0. The Balaban J connectivity index is 1.33. The molecule has 2 heterocycles. The van der Waals surface area contributed by atoms with E-state index in [0.29, 0.717) is 66.1 Å². The fraction of sp³-hybridized carbons (Fsp3) is 0.355. The van der Waals surface area contributed by atoms with Crippen molar-refractivity contribution >= 4 is 46.7 Å². The van der Waals surface area contributed by atoms with E-state index in [4.69, 9.17) is 34.8 Å². The van der Waals surface area contributed by atoms with Crippen molar-refractivity contribution in [2.24, 2.45) is 0 Å². The Labute approximate surface area is 250 Å². The van der Waals surface area contributed by atoms with Crippen LogP contribution < -0.4 is 0 Å². The molecule has 40 heavy (non-hydrogen) atoms. The second-order valence-corrected chi connectivity index (χ2v) is 11.9. The van der Waals surface area contributed by atoms with Crippen LogP contribution in [-0.2, 0) is 5.60 Å². The lowest BCUT2D eigenvalue weighted by Gasteiger charge is -2.45. The SMILES string of the molecule is CN(C(=O)c1ccc(Cl)cc1)[C@@H]1CCN(C(=O)N2CCC(O)(c3ccccc3)CC2)C[C@H]1c1ccc(Cl)c(Cl)c1. The number of urea groups is 1. The minimum Gasteiger partial charge on any atom is -0.385 e. The summed E-state index contributed by atoms with van der Waals surface area (Å²) < 4.78 is 0. The number of halogens is 3. The Bertz CT molecular complexity index is 1360. The summed E-state index contributed by atoms with van der Waals surface area (Å²) in [5.74, 6) is -0.275. The Kier molecular flexibility index (Phi) is 8.62. The smallest absolute Gasteiger partial charge is 0.320 e. The van der Waals surface area contributed by atoms with Crippen molar-refractivity contribution in [3.63, 3.8) is 0 Å². The van der Waals surface area contributed by atoms with Crippen molar-refractivity contribution in [2.75, 3.05) is 33.2 Å². The number of hydrogen-bond acceptors (Lipinski definition) is 3. The fourth-order valence-corrected chi connectivity index (χ4v) is 6.33. The third-order valence-corrected chi connectivity index (χ3v) is 9.29. The first-order valence-electron chi connectivity index (χ1n) is 13.5. The van der Waals surface area contributed by atoms with Gasteiger partial charge in [-0.1, -0.05) is 71.2 Å². The highest BCUT2D eigenvalue weighted by Gasteiger charge is 2.40. The molecule has 3 amide bonds. The summed E-state index contributed by atoms with van der Waals surface area (Å²) in [6.45, 7) is 1.88. The molecule has 2 atom stereocenters. The number of carbonyl (C=O) groups is 2. The average Bonchev–Trinajstić information content (AvgIpc) is 2.98. The van der Waals surface area contributed by atoms with E-state index in [9.17, 15) is 14.7 Å². The monoisotopic (exact) mass is 599 g/mol. The zero-order valence-corrected chi connectivity index (χ0v) is 24.5. The van der Waals surface area contributed by atoms with Gasteiger partial charge in [-0.2, -0.15) is 0 Å². The van der Waals surface area contributed by atoms with Gasteiger partial charge in [-0.05, 0) is 66.8 Å². The van der Waals surface area contributed by atoms with Crippen molar-refractivity contribution < 1.29 is 14.7 Å². The number of aliphatic hydroxyl groups is 1. The van der Waals surface area contributed by atoms with Crippen molar-refractivity contribution in [3.05, 3.63) is 105 Å². The summed E-state index contributed by atoms with van der Waals surface area (Å²) in [5, 5.41) is 12.7. The van der Waals surface area contributed by atoms with E-state index in [1.165, 1.54) is 0 Å². The van der Waals surface area contributed by atoms with E-state index in [0.717, 1.165) is 11.1 Å². The number of piperidine rings is 2. The molecule has 0 radical (unpaired) electrons. The maximum Gasteiger partial charge on any atom is 0.320 e. The Morgan fingerprint density at radius 1 is 0.875 bits per heavy atom. The molecule has 0 aromatic heterocycles. The molecule has 3 aromatic carbocycles. The van der Waals surface area contributed by atoms with Crippen LogP contribution in [0.5, 0.6) is 0 Å². The summed E-state index contributed by atoms with van der Waals surface area (Å²) in [6, 6.07) is 21.8. The first kappa shape index (κ1) is 28.7. The van der Waals surface area contributed by atoms with E-state index in [2.05, 4.69) is 0 Å². The van der Waals surface area contributed by atoms with Gasteiger partial charge in [-0.25, -0.2) is 4.79 Å². The van der Waals surface area contributed by atoms with Crippen LogP contribution in [0.1, 0.15) is 46.7 Å². The molecule has 0 aliphatic carbocycles. The van der Waals surface area contributed by atoms with Crippen LogP contribution in [0.2, 0.25) is 15.1 Å². The van der Waals surface area contributed by atoms with E-state index in [1.807, 2.05) is 52.3 Å². The van der Waals surface area contributed by atoms with Gasteiger partial charge in [-0.3, -0.25) is 4.79 Å². The molecule has 5 rings (SSSR count). The number of hydrogen-bond donors (Lipinski definition) is 1. The van der Waals surface area contributed by atoms with Gasteiger partial charge in [0.25, 0.3) is 5.91 Å². The average molecular weight is 601 g/mol. The largest absolute Gasteiger partial charge is 0.385 e. The topological polar surface area (TPSA) is 64.1 Å². The zero-order chi connectivity index (χ0) is 28.4. The molecular formula is C31H32Cl3N3O3. The predicted molar refractivity (Wildman–Crippen MR) is 159 cm³/mol. The summed E-state index contributed by atoms with van der Waals surface area (Å²) in [6.07, 6.45) is 1.57. The molecule has 3 aromatic rings. The number of carbonyl (C=O) groups excluding carboxylic acids is 2. The van der Waals surface area contributed by atoms with Gasteiger partial charge in [0.05, 0.1) is 15.6 Å². The first-order chi connectivity index (χ1) is 19.2. The van der Waals surface area contributed by atoms with Crippen LogP contribution in [0.4, 0.5) is 4.79 Å². The molecule has 2 fully saturated rings. The van der Waals surface area contributed by atoms with Gasteiger partial charge in [-0.15, -0.1) is 0 Å². The maximum absolute atomic E-state index is 13.7. The highest BCUT2D eigenvalue weighted by Crippen LogP contribution is 2.37. The van der Waals surface area contributed by atoms with Crippen molar-refractivity contribution in [3.8, 4) is 0 Å². The quantitative estimate of drug-likeness (QED) is 0.363. The third kappa shape index (κ3) is 5.96. The summed E-state index contributed by atoms with van der Waals surface area (Å²) in [5.41, 5.74) is 1.43. The van der Waals surface area contributed by atoms with E-state index in [1.54, 1.807) is 42.3 Å². The number of benzene rings is 3. The molecule has 9 heteroatoms. The number of likely N-dealkylation sites (tertiary alicyclic amines) is 2. The third-order valence-electron chi connectivity index (χ3n) is 8.30. The van der Waals surface area contributed by atoms with Gasteiger partial charge >= 0.3 is 6.03 Å². The van der Waals surface area contributed by atoms with Crippen molar-refractivity contribution in [1.82, 2.24) is 14.7 Å². The van der Waals surface area contributed by atoms with Crippen LogP contribution >= 0.6 is 34.8 Å². The molecule has 2 aliphatic rings. The van der Waals surface area contributed by atoms with Gasteiger partial charge in [0.15, 0.2) is 0 Å². The highest BCUT2D eigenvalue weighted by atomic mass is 35.5. The van der Waals surface area contributed by atoms with Crippen LogP contribution in [0.15, 0.2) is 72.8 Å². The molecule has 210 valence electrons. The first-order valence-corrected chi connectivity index (χ1v) is 14.6. The molecular weight excluding hydrogens is 569 g/mol. The van der Waals surface area contributed by atoms with Gasteiger partial charge in [0.2, 0.25) is 0 Å². The normalized spacial score (nSPS) is 20.7. The minimum atomic E-state index is -0.932. The Hall–Kier alpha value is -2.77. The Morgan fingerprint density at radius 3 is 2.20 bits per heavy atom. The van der Waals surface area contributed by atoms with Gasteiger partial charge in [0, 0.05) is 55.8 Å². The summed E-state index contributed by atoms with van der Waals surface area (Å²) >= 11 is 18.6. The minimum absolute atomic E-state index is 0.0506. The molecule has 0 bridgehead atoms. The number of amides is 3. The van der Waals surface area contributed by atoms with E-state index < -0.39 is 5.60 Å². The van der Waals surface area contributed by atoms with Crippen LogP contribution in [0.3, 0.4) is 0 Å². The molecule has 0 saturated carbocycles.